The molecule has 0 bridgehead atoms. The van der Waals surface area contributed by atoms with E-state index in [-0.39, 0.29) is 0 Å². The fraction of sp³-hybridized carbons (Fsp3) is 0.417. The van der Waals surface area contributed by atoms with E-state index < -0.39 is 0 Å². The van der Waals surface area contributed by atoms with E-state index in [4.69, 9.17) is 16.9 Å². The van der Waals surface area contributed by atoms with Gasteiger partial charge in [0.15, 0.2) is 0 Å². The van der Waals surface area contributed by atoms with Crippen LogP contribution in [-0.2, 0) is 6.54 Å². The molecular weight excluding hydrogens is 222 g/mol. The van der Waals surface area contributed by atoms with Crippen molar-refractivity contribution in [3.8, 4) is 6.07 Å². The van der Waals surface area contributed by atoms with E-state index in [9.17, 15) is 0 Å². The average Bonchev–Trinajstić information content (AvgIpc) is 2.29. The molecule has 4 heteroatoms. The molecular formula is C12H16ClN3. The lowest BCUT2D eigenvalue weighted by Crippen LogP contribution is -2.27. The minimum atomic E-state index is 0.603. The summed E-state index contributed by atoms with van der Waals surface area (Å²) in [6.45, 7) is 2.71. The highest BCUT2D eigenvalue weighted by Gasteiger charge is 2.05. The van der Waals surface area contributed by atoms with Gasteiger partial charge in [0.05, 0.1) is 11.6 Å². The largest absolute Gasteiger partial charge is 0.318 e. The molecule has 0 unspecified atom stereocenters. The maximum absolute atomic E-state index is 8.72. The van der Waals surface area contributed by atoms with Crippen molar-refractivity contribution in [1.29, 1.82) is 5.26 Å². The van der Waals surface area contributed by atoms with Crippen LogP contribution in [0.3, 0.4) is 0 Å². The highest BCUT2D eigenvalue weighted by Crippen LogP contribution is 2.18. The minimum absolute atomic E-state index is 0.603. The Bertz CT molecular complexity index is 384. The van der Waals surface area contributed by atoms with Gasteiger partial charge in [-0.15, -0.1) is 0 Å². The van der Waals surface area contributed by atoms with Crippen LogP contribution in [0.4, 0.5) is 0 Å². The summed E-state index contributed by atoms with van der Waals surface area (Å²) in [4.78, 5) is 2.18. The second kappa shape index (κ2) is 6.49. The van der Waals surface area contributed by atoms with E-state index >= 15 is 0 Å². The monoisotopic (exact) mass is 237 g/mol. The molecule has 1 rings (SSSR count). The number of likely N-dealkylation sites (N-methyl/N-ethyl adjacent to an activating group) is 2. The average molecular weight is 238 g/mol. The molecule has 0 fully saturated rings. The summed E-state index contributed by atoms with van der Waals surface area (Å²) < 4.78 is 0. The van der Waals surface area contributed by atoms with Crippen molar-refractivity contribution in [2.24, 2.45) is 0 Å². The molecule has 0 spiro atoms. The molecule has 0 radical (unpaired) electrons. The standard InChI is InChI=1S/C12H16ClN3/c1-15-5-6-16(2)9-11-4-3-10(8-14)7-12(11)13/h3-4,7,15H,5-6,9H2,1-2H3. The number of nitrogens with one attached hydrogen (secondary N) is 1. The van der Waals surface area contributed by atoms with Crippen molar-refractivity contribution in [3.05, 3.63) is 34.3 Å². The molecule has 0 amide bonds. The number of halogens is 1. The molecule has 1 N–H and O–H groups in total. The topological polar surface area (TPSA) is 39.1 Å². The van der Waals surface area contributed by atoms with Crippen molar-refractivity contribution in [2.75, 3.05) is 27.2 Å². The Balaban J connectivity index is 2.64. The van der Waals surface area contributed by atoms with Gasteiger partial charge in [0.25, 0.3) is 0 Å². The van der Waals surface area contributed by atoms with Gasteiger partial charge in [-0.25, -0.2) is 0 Å². The summed E-state index contributed by atoms with van der Waals surface area (Å²) in [6, 6.07) is 7.50. The Morgan fingerprint density at radius 3 is 2.81 bits per heavy atom. The summed E-state index contributed by atoms with van der Waals surface area (Å²) in [5, 5.41) is 12.5. The molecule has 0 aromatic heterocycles. The van der Waals surface area contributed by atoms with Crippen molar-refractivity contribution in [1.82, 2.24) is 10.2 Å². The lowest BCUT2D eigenvalue weighted by atomic mass is 10.1. The van der Waals surface area contributed by atoms with Gasteiger partial charge in [0, 0.05) is 24.7 Å². The number of nitrogens with zero attached hydrogens (tertiary/aromatic N) is 2. The lowest BCUT2D eigenvalue weighted by Gasteiger charge is -2.17. The number of benzene rings is 1. The SMILES string of the molecule is CNCCN(C)Cc1ccc(C#N)cc1Cl. The molecule has 1 aromatic rings. The molecule has 0 atom stereocenters. The van der Waals surface area contributed by atoms with E-state index in [0.29, 0.717) is 10.6 Å². The summed E-state index contributed by atoms with van der Waals surface area (Å²) in [6.07, 6.45) is 0. The zero-order valence-corrected chi connectivity index (χ0v) is 10.4. The minimum Gasteiger partial charge on any atom is -0.318 e. The summed E-state index contributed by atoms with van der Waals surface area (Å²) in [7, 11) is 3.98. The van der Waals surface area contributed by atoms with Gasteiger partial charge in [0.2, 0.25) is 0 Å². The smallest absolute Gasteiger partial charge is 0.0992 e. The van der Waals surface area contributed by atoms with Gasteiger partial charge in [-0.2, -0.15) is 5.26 Å². The molecule has 86 valence electrons. The zero-order chi connectivity index (χ0) is 12.0. The predicted octanol–water partition coefficient (Wildman–Crippen LogP) is 1.86. The fourth-order valence-corrected chi connectivity index (χ4v) is 1.66. The first-order valence-corrected chi connectivity index (χ1v) is 5.57. The van der Waals surface area contributed by atoms with E-state index in [2.05, 4.69) is 16.3 Å². The third-order valence-electron chi connectivity index (χ3n) is 2.37. The Kier molecular flexibility index (Phi) is 5.27. The van der Waals surface area contributed by atoms with Gasteiger partial charge in [0.1, 0.15) is 0 Å². The van der Waals surface area contributed by atoms with Gasteiger partial charge in [-0.1, -0.05) is 17.7 Å². The molecule has 0 saturated heterocycles. The second-order valence-electron chi connectivity index (χ2n) is 3.76. The van der Waals surface area contributed by atoms with Crippen LogP contribution in [0, 0.1) is 11.3 Å². The molecule has 3 nitrogen and oxygen atoms in total. The van der Waals surface area contributed by atoms with Gasteiger partial charge < -0.3 is 10.2 Å². The Hall–Kier alpha value is -1.08. The molecule has 1 aromatic carbocycles. The predicted molar refractivity (Wildman–Crippen MR) is 66.4 cm³/mol. The highest BCUT2D eigenvalue weighted by molar-refractivity contribution is 6.31. The Morgan fingerprint density at radius 1 is 1.50 bits per heavy atom. The molecule has 0 aliphatic heterocycles. The first-order chi connectivity index (χ1) is 7.67. The third-order valence-corrected chi connectivity index (χ3v) is 2.72. The van der Waals surface area contributed by atoms with Crippen LogP contribution in [0.1, 0.15) is 11.1 Å². The zero-order valence-electron chi connectivity index (χ0n) is 9.63. The number of nitriles is 1. The molecule has 0 aliphatic rings. The van der Waals surface area contributed by atoms with Crippen molar-refractivity contribution in [3.63, 3.8) is 0 Å². The first-order valence-electron chi connectivity index (χ1n) is 5.19. The summed E-state index contributed by atoms with van der Waals surface area (Å²) in [5.74, 6) is 0. The lowest BCUT2D eigenvalue weighted by molar-refractivity contribution is 0.328. The molecule has 16 heavy (non-hydrogen) atoms. The molecule has 0 saturated carbocycles. The van der Waals surface area contributed by atoms with Crippen LogP contribution in [0.2, 0.25) is 5.02 Å². The number of hydrogen-bond donors (Lipinski definition) is 1. The number of rotatable bonds is 5. The van der Waals surface area contributed by atoms with E-state index in [1.165, 1.54) is 0 Å². The quantitative estimate of drug-likeness (QED) is 0.850. The van der Waals surface area contributed by atoms with Crippen molar-refractivity contribution in [2.45, 2.75) is 6.54 Å². The third kappa shape index (κ3) is 3.82. The maximum Gasteiger partial charge on any atom is 0.0992 e. The molecule has 0 aliphatic carbocycles. The summed E-state index contributed by atoms with van der Waals surface area (Å²) >= 11 is 6.09. The van der Waals surface area contributed by atoms with Gasteiger partial charge >= 0.3 is 0 Å². The normalized spacial score (nSPS) is 10.4. The Morgan fingerprint density at radius 2 is 2.25 bits per heavy atom. The van der Waals surface area contributed by atoms with Gasteiger partial charge in [-0.05, 0) is 31.8 Å². The van der Waals surface area contributed by atoms with E-state index in [1.807, 2.05) is 20.2 Å². The number of hydrogen-bond acceptors (Lipinski definition) is 3. The van der Waals surface area contributed by atoms with Crippen LogP contribution < -0.4 is 5.32 Å². The van der Waals surface area contributed by atoms with Crippen molar-refractivity contribution >= 4 is 11.6 Å². The van der Waals surface area contributed by atoms with E-state index in [0.717, 1.165) is 25.2 Å². The second-order valence-corrected chi connectivity index (χ2v) is 4.17. The van der Waals surface area contributed by atoms with Crippen LogP contribution in [0.15, 0.2) is 18.2 Å². The fourth-order valence-electron chi connectivity index (χ4n) is 1.42. The van der Waals surface area contributed by atoms with Crippen LogP contribution in [0.25, 0.3) is 0 Å². The van der Waals surface area contributed by atoms with Crippen molar-refractivity contribution < 1.29 is 0 Å². The van der Waals surface area contributed by atoms with E-state index in [1.54, 1.807) is 12.1 Å². The van der Waals surface area contributed by atoms with Crippen LogP contribution in [0.5, 0.6) is 0 Å². The molecule has 0 heterocycles. The van der Waals surface area contributed by atoms with Crippen LogP contribution >= 0.6 is 11.6 Å². The maximum atomic E-state index is 8.72. The Labute approximate surface area is 102 Å². The first kappa shape index (κ1) is 13.0. The summed E-state index contributed by atoms with van der Waals surface area (Å²) in [5.41, 5.74) is 1.66. The van der Waals surface area contributed by atoms with Gasteiger partial charge in [-0.3, -0.25) is 0 Å². The van der Waals surface area contributed by atoms with Crippen LogP contribution in [-0.4, -0.2) is 32.1 Å². The highest BCUT2D eigenvalue weighted by atomic mass is 35.5.